The Labute approximate surface area is 149 Å². The molecule has 3 N–H and O–H groups in total. The zero-order valence-corrected chi connectivity index (χ0v) is 14.1. The lowest BCUT2D eigenvalue weighted by Gasteiger charge is -2.09. The minimum atomic E-state index is -4.85. The molecule has 0 unspecified atom stereocenters. The van der Waals surface area contributed by atoms with Gasteiger partial charge in [-0.05, 0) is 29.8 Å². The van der Waals surface area contributed by atoms with Crippen LogP contribution in [0.2, 0.25) is 0 Å². The average molecular weight is 405 g/mol. The summed E-state index contributed by atoms with van der Waals surface area (Å²) in [4.78, 5) is 0. The Kier molecular flexibility index (Phi) is 4.75. The number of nitrogens with two attached hydrogens (primary N) is 1. The molecule has 0 aliphatic rings. The van der Waals surface area contributed by atoms with Gasteiger partial charge in [0.1, 0.15) is 22.8 Å². The Hall–Kier alpha value is -2.77. The molecule has 0 amide bonds. The fourth-order valence-electron chi connectivity index (χ4n) is 2.29. The number of nitrogens with zero attached hydrogens (tertiary/aromatic N) is 3. The predicted molar refractivity (Wildman–Crippen MR) is 85.5 cm³/mol. The van der Waals surface area contributed by atoms with Crippen molar-refractivity contribution >= 4 is 21.2 Å². The monoisotopic (exact) mass is 405 g/mol. The number of hydrogen-bond donors (Lipinski definition) is 2. The first-order valence-corrected chi connectivity index (χ1v) is 8.74. The molecule has 144 valence electrons. The van der Waals surface area contributed by atoms with Crippen molar-refractivity contribution in [3.05, 3.63) is 47.8 Å². The van der Waals surface area contributed by atoms with Crippen molar-refractivity contribution in [1.82, 2.24) is 19.7 Å². The highest BCUT2D eigenvalue weighted by Gasteiger charge is 2.31. The minimum Gasteiger partial charge on any atom is -0.406 e. The summed E-state index contributed by atoms with van der Waals surface area (Å²) < 4.78 is 79.9. The van der Waals surface area contributed by atoms with Crippen LogP contribution >= 0.6 is 0 Å². The number of benzene rings is 2. The van der Waals surface area contributed by atoms with Crippen molar-refractivity contribution in [3.63, 3.8) is 0 Å². The van der Waals surface area contributed by atoms with Gasteiger partial charge in [0.25, 0.3) is 10.2 Å². The maximum Gasteiger partial charge on any atom is 0.573 e. The zero-order chi connectivity index (χ0) is 19.8. The molecule has 1 heterocycles. The highest BCUT2D eigenvalue weighted by molar-refractivity contribution is 7.87. The Morgan fingerprint density at radius 3 is 2.56 bits per heavy atom. The molecular formula is C14H11F4N5O3S. The molecule has 3 aromatic rings. The van der Waals surface area contributed by atoms with Crippen LogP contribution in [0.15, 0.2) is 36.4 Å². The Morgan fingerprint density at radius 2 is 1.93 bits per heavy atom. The lowest BCUT2D eigenvalue weighted by molar-refractivity contribution is -0.274. The molecule has 13 heteroatoms. The van der Waals surface area contributed by atoms with E-state index in [1.165, 1.54) is 18.2 Å². The largest absolute Gasteiger partial charge is 0.573 e. The van der Waals surface area contributed by atoms with Crippen molar-refractivity contribution in [1.29, 1.82) is 0 Å². The van der Waals surface area contributed by atoms with Crippen molar-refractivity contribution < 1.29 is 30.7 Å². The second kappa shape index (κ2) is 6.75. The van der Waals surface area contributed by atoms with Gasteiger partial charge in [-0.25, -0.2) is 14.2 Å². The van der Waals surface area contributed by atoms with Crippen molar-refractivity contribution in [3.8, 4) is 11.4 Å². The molecule has 0 saturated carbocycles. The second-order valence-electron chi connectivity index (χ2n) is 5.35. The molecule has 3 rings (SSSR count). The van der Waals surface area contributed by atoms with Crippen molar-refractivity contribution in [2.45, 2.75) is 12.9 Å². The molecule has 0 radical (unpaired) electrons. The van der Waals surface area contributed by atoms with Crippen LogP contribution in [0.1, 0.15) is 5.56 Å². The molecule has 27 heavy (non-hydrogen) atoms. The van der Waals surface area contributed by atoms with Crippen LogP contribution in [-0.2, 0) is 16.8 Å². The number of nitrogens with one attached hydrogen (secondary N) is 1. The van der Waals surface area contributed by atoms with Gasteiger partial charge in [0, 0.05) is 12.6 Å². The number of aromatic nitrogens is 3. The van der Waals surface area contributed by atoms with Crippen molar-refractivity contribution in [2.24, 2.45) is 5.14 Å². The highest BCUT2D eigenvalue weighted by Crippen LogP contribution is 2.27. The van der Waals surface area contributed by atoms with E-state index in [1.807, 2.05) is 4.72 Å². The van der Waals surface area contributed by atoms with E-state index in [2.05, 4.69) is 15.0 Å². The fourth-order valence-corrected chi connectivity index (χ4v) is 2.66. The van der Waals surface area contributed by atoms with Crippen LogP contribution < -0.4 is 14.6 Å². The molecule has 0 saturated heterocycles. The van der Waals surface area contributed by atoms with Crippen LogP contribution in [0.4, 0.5) is 17.6 Å². The third-order valence-electron chi connectivity index (χ3n) is 3.37. The van der Waals surface area contributed by atoms with Gasteiger partial charge in [0.05, 0.1) is 5.52 Å². The predicted octanol–water partition coefficient (Wildman–Crippen LogP) is 1.75. The topological polar surface area (TPSA) is 112 Å². The van der Waals surface area contributed by atoms with Crippen molar-refractivity contribution in [2.75, 3.05) is 0 Å². The van der Waals surface area contributed by atoms with E-state index >= 15 is 0 Å². The Balaban J connectivity index is 1.91. The minimum absolute atomic E-state index is 0.0265. The summed E-state index contributed by atoms with van der Waals surface area (Å²) in [5.41, 5.74) is 0.590. The van der Waals surface area contributed by atoms with E-state index in [1.54, 1.807) is 0 Å². The number of halogens is 4. The molecular weight excluding hydrogens is 394 g/mol. The number of hydrogen-bond acceptors (Lipinski definition) is 5. The van der Waals surface area contributed by atoms with Gasteiger partial charge in [-0.3, -0.25) is 0 Å². The summed E-state index contributed by atoms with van der Waals surface area (Å²) in [6.07, 6.45) is -4.85. The molecule has 2 aromatic carbocycles. The normalized spacial score (nSPS) is 12.5. The first-order valence-electron chi connectivity index (χ1n) is 7.19. The first kappa shape index (κ1) is 19.0. The van der Waals surface area contributed by atoms with Gasteiger partial charge in [0.15, 0.2) is 0 Å². The van der Waals surface area contributed by atoms with E-state index in [9.17, 15) is 26.0 Å². The average Bonchev–Trinajstić information content (AvgIpc) is 2.94. The number of ether oxygens (including phenoxy) is 1. The van der Waals surface area contributed by atoms with E-state index in [4.69, 9.17) is 5.14 Å². The molecule has 0 bridgehead atoms. The van der Waals surface area contributed by atoms with Gasteiger partial charge in [-0.15, -0.1) is 18.3 Å². The number of rotatable bonds is 5. The van der Waals surface area contributed by atoms with Gasteiger partial charge >= 0.3 is 6.36 Å². The van der Waals surface area contributed by atoms with E-state index < -0.39 is 28.1 Å². The van der Waals surface area contributed by atoms with Crippen LogP contribution in [0, 0.1) is 5.82 Å². The first-order chi connectivity index (χ1) is 12.5. The van der Waals surface area contributed by atoms with E-state index in [-0.39, 0.29) is 23.3 Å². The third kappa shape index (κ3) is 4.69. The molecule has 0 aliphatic carbocycles. The third-order valence-corrected chi connectivity index (χ3v) is 3.92. The highest BCUT2D eigenvalue weighted by atomic mass is 32.2. The smallest absolute Gasteiger partial charge is 0.406 e. The molecule has 0 aliphatic heterocycles. The maximum atomic E-state index is 14.4. The molecule has 0 atom stereocenters. The summed E-state index contributed by atoms with van der Waals surface area (Å²) >= 11 is 0. The quantitative estimate of drug-likeness (QED) is 0.628. The summed E-state index contributed by atoms with van der Waals surface area (Å²) in [5.74, 6) is -1.22. The zero-order valence-electron chi connectivity index (χ0n) is 13.2. The van der Waals surface area contributed by atoms with Crippen LogP contribution in [-0.4, -0.2) is 29.8 Å². The van der Waals surface area contributed by atoms with Crippen LogP contribution in [0.5, 0.6) is 5.75 Å². The summed E-state index contributed by atoms with van der Waals surface area (Å²) in [5, 5.41) is 12.3. The van der Waals surface area contributed by atoms with Gasteiger partial charge in [0.2, 0.25) is 0 Å². The number of alkyl halides is 3. The van der Waals surface area contributed by atoms with E-state index in [0.29, 0.717) is 5.56 Å². The molecule has 1 aromatic heterocycles. The molecule has 8 nitrogen and oxygen atoms in total. The Morgan fingerprint density at radius 1 is 1.19 bits per heavy atom. The SMILES string of the molecule is NS(=O)(=O)NCc1ccc(-n2nnc3cc(OC(F)(F)F)ccc32)c(F)c1. The van der Waals surface area contributed by atoms with Gasteiger partial charge in [-0.2, -0.15) is 13.1 Å². The molecule has 0 spiro atoms. The van der Waals surface area contributed by atoms with Gasteiger partial charge < -0.3 is 4.74 Å². The lowest BCUT2D eigenvalue weighted by atomic mass is 10.2. The van der Waals surface area contributed by atoms with Crippen LogP contribution in [0.3, 0.4) is 0 Å². The lowest BCUT2D eigenvalue weighted by Crippen LogP contribution is -2.30. The van der Waals surface area contributed by atoms with Crippen LogP contribution in [0.25, 0.3) is 16.7 Å². The second-order valence-corrected chi connectivity index (χ2v) is 6.73. The molecule has 0 fully saturated rings. The van der Waals surface area contributed by atoms with Gasteiger partial charge in [-0.1, -0.05) is 11.3 Å². The van der Waals surface area contributed by atoms with E-state index in [0.717, 1.165) is 22.9 Å². The fraction of sp³-hybridized carbons (Fsp3) is 0.143. The number of fused-ring (bicyclic) bond motifs is 1. The standard InChI is InChI=1S/C14H11F4N5O3S/c15-10-5-8(7-20-27(19,24)25)1-3-12(10)23-13-4-2-9(26-14(16,17)18)6-11(13)21-22-23/h1-6,20H,7H2,(H2,19,24,25). The maximum absolute atomic E-state index is 14.4. The summed E-state index contributed by atoms with van der Waals surface area (Å²) in [6.45, 7) is -0.216. The Bertz CT molecular complexity index is 1100. The summed E-state index contributed by atoms with van der Waals surface area (Å²) in [6, 6.07) is 7.16. The summed E-state index contributed by atoms with van der Waals surface area (Å²) in [7, 11) is -3.93.